The Balaban J connectivity index is 1.94. The quantitative estimate of drug-likeness (QED) is 0.880. The van der Waals surface area contributed by atoms with Gasteiger partial charge in [-0.2, -0.15) is 9.40 Å². The molecule has 0 saturated carbocycles. The van der Waals surface area contributed by atoms with Crippen LogP contribution in [-0.2, 0) is 10.0 Å². The van der Waals surface area contributed by atoms with Gasteiger partial charge in [0.15, 0.2) is 0 Å². The van der Waals surface area contributed by atoms with E-state index in [1.807, 2.05) is 18.2 Å². The summed E-state index contributed by atoms with van der Waals surface area (Å²) in [7, 11) is -2.03. The number of piperidine rings is 1. The SMILES string of the molecule is COc1ccccc1-n1cc(S(=O)(=O)N2CCCCC2CN)cn1. The number of nitrogens with two attached hydrogens (primary N) is 1. The van der Waals surface area contributed by atoms with Crippen molar-refractivity contribution in [2.45, 2.75) is 30.2 Å². The number of benzene rings is 1. The summed E-state index contributed by atoms with van der Waals surface area (Å²) in [6.45, 7) is 0.837. The van der Waals surface area contributed by atoms with Crippen LogP contribution in [0.25, 0.3) is 5.69 Å². The van der Waals surface area contributed by atoms with Gasteiger partial charge in [-0.1, -0.05) is 18.6 Å². The molecule has 8 heteroatoms. The van der Waals surface area contributed by atoms with Crippen LogP contribution in [0.15, 0.2) is 41.6 Å². The minimum atomic E-state index is -3.60. The van der Waals surface area contributed by atoms with Crippen LogP contribution in [0.5, 0.6) is 5.75 Å². The molecule has 1 fully saturated rings. The van der Waals surface area contributed by atoms with Crippen LogP contribution in [-0.4, -0.2) is 48.7 Å². The first-order valence-corrected chi connectivity index (χ1v) is 9.42. The molecule has 1 atom stereocenters. The van der Waals surface area contributed by atoms with E-state index < -0.39 is 10.0 Å². The van der Waals surface area contributed by atoms with Crippen LogP contribution in [0.4, 0.5) is 0 Å². The third kappa shape index (κ3) is 3.04. The van der Waals surface area contributed by atoms with Crippen molar-refractivity contribution in [3.8, 4) is 11.4 Å². The Hall–Kier alpha value is -1.90. The molecule has 0 aliphatic carbocycles. The van der Waals surface area contributed by atoms with Crippen LogP contribution >= 0.6 is 0 Å². The second-order valence-electron chi connectivity index (χ2n) is 5.79. The van der Waals surface area contributed by atoms with Crippen molar-refractivity contribution in [3.05, 3.63) is 36.7 Å². The number of rotatable bonds is 5. The van der Waals surface area contributed by atoms with Crippen molar-refractivity contribution in [3.63, 3.8) is 0 Å². The van der Waals surface area contributed by atoms with E-state index in [9.17, 15) is 8.42 Å². The van der Waals surface area contributed by atoms with E-state index in [2.05, 4.69) is 5.10 Å². The van der Waals surface area contributed by atoms with Gasteiger partial charge in [0.25, 0.3) is 0 Å². The van der Waals surface area contributed by atoms with Gasteiger partial charge in [-0.05, 0) is 25.0 Å². The first-order valence-electron chi connectivity index (χ1n) is 7.98. The Bertz CT molecular complexity index is 803. The molecule has 0 radical (unpaired) electrons. The highest BCUT2D eigenvalue weighted by atomic mass is 32.2. The van der Waals surface area contributed by atoms with Gasteiger partial charge in [0, 0.05) is 19.1 Å². The zero-order valence-electron chi connectivity index (χ0n) is 13.6. The van der Waals surface area contributed by atoms with E-state index in [1.54, 1.807) is 13.2 Å². The molecule has 2 aromatic rings. The number of sulfonamides is 1. The van der Waals surface area contributed by atoms with Crippen molar-refractivity contribution in [2.75, 3.05) is 20.2 Å². The predicted molar refractivity (Wildman–Crippen MR) is 90.7 cm³/mol. The van der Waals surface area contributed by atoms with Gasteiger partial charge in [0.1, 0.15) is 16.3 Å². The van der Waals surface area contributed by atoms with E-state index in [4.69, 9.17) is 10.5 Å². The third-order valence-electron chi connectivity index (χ3n) is 4.34. The van der Waals surface area contributed by atoms with Crippen LogP contribution in [0.1, 0.15) is 19.3 Å². The number of aromatic nitrogens is 2. The van der Waals surface area contributed by atoms with Crippen molar-refractivity contribution in [1.82, 2.24) is 14.1 Å². The first kappa shape index (κ1) is 16.9. The zero-order chi connectivity index (χ0) is 17.2. The Kier molecular flexibility index (Phi) is 4.88. The average molecular weight is 350 g/mol. The number of nitrogens with zero attached hydrogens (tertiary/aromatic N) is 3. The van der Waals surface area contributed by atoms with E-state index >= 15 is 0 Å². The van der Waals surface area contributed by atoms with Gasteiger partial charge >= 0.3 is 0 Å². The van der Waals surface area contributed by atoms with Crippen LogP contribution in [0, 0.1) is 0 Å². The summed E-state index contributed by atoms with van der Waals surface area (Å²) in [4.78, 5) is 0.175. The molecule has 1 aliphatic rings. The minimum absolute atomic E-state index is 0.140. The molecule has 24 heavy (non-hydrogen) atoms. The lowest BCUT2D eigenvalue weighted by Gasteiger charge is -2.33. The monoisotopic (exact) mass is 350 g/mol. The third-order valence-corrected chi connectivity index (χ3v) is 6.25. The fraction of sp³-hybridized carbons (Fsp3) is 0.438. The molecule has 1 saturated heterocycles. The van der Waals surface area contributed by atoms with Gasteiger partial charge < -0.3 is 10.5 Å². The summed E-state index contributed by atoms with van der Waals surface area (Å²) >= 11 is 0. The summed E-state index contributed by atoms with van der Waals surface area (Å²) in [5.41, 5.74) is 6.45. The molecule has 130 valence electrons. The van der Waals surface area contributed by atoms with E-state index in [1.165, 1.54) is 21.4 Å². The van der Waals surface area contributed by atoms with E-state index in [-0.39, 0.29) is 10.9 Å². The maximum absolute atomic E-state index is 12.9. The summed E-state index contributed by atoms with van der Waals surface area (Å²) in [5, 5.41) is 4.21. The van der Waals surface area contributed by atoms with Gasteiger partial charge in [0.2, 0.25) is 10.0 Å². The van der Waals surface area contributed by atoms with E-state index in [0.717, 1.165) is 19.3 Å². The van der Waals surface area contributed by atoms with E-state index in [0.29, 0.717) is 24.5 Å². The summed E-state index contributed by atoms with van der Waals surface area (Å²) in [6, 6.07) is 7.19. The van der Waals surface area contributed by atoms with Gasteiger partial charge in [-0.3, -0.25) is 0 Å². The Morgan fingerprint density at radius 3 is 2.88 bits per heavy atom. The fourth-order valence-electron chi connectivity index (χ4n) is 3.05. The van der Waals surface area contributed by atoms with Crippen molar-refractivity contribution in [2.24, 2.45) is 5.73 Å². The van der Waals surface area contributed by atoms with Gasteiger partial charge in [-0.15, -0.1) is 0 Å². The topological polar surface area (TPSA) is 90.5 Å². The van der Waals surface area contributed by atoms with Crippen molar-refractivity contribution >= 4 is 10.0 Å². The summed E-state index contributed by atoms with van der Waals surface area (Å²) in [5.74, 6) is 0.627. The molecule has 1 aromatic carbocycles. The Labute approximate surface area is 142 Å². The lowest BCUT2D eigenvalue weighted by molar-refractivity contribution is 0.257. The fourth-order valence-corrected chi connectivity index (χ4v) is 4.69. The molecule has 2 N–H and O–H groups in total. The number of hydrogen-bond acceptors (Lipinski definition) is 5. The molecule has 1 aromatic heterocycles. The average Bonchev–Trinajstić information content (AvgIpc) is 3.12. The second kappa shape index (κ2) is 6.92. The molecule has 7 nitrogen and oxygen atoms in total. The lowest BCUT2D eigenvalue weighted by Crippen LogP contribution is -2.47. The first-order chi connectivity index (χ1) is 11.6. The van der Waals surface area contributed by atoms with Crippen LogP contribution in [0.2, 0.25) is 0 Å². The predicted octanol–water partition coefficient (Wildman–Crippen LogP) is 1.38. The number of ether oxygens (including phenoxy) is 1. The molecule has 2 heterocycles. The van der Waals surface area contributed by atoms with Crippen molar-refractivity contribution < 1.29 is 13.2 Å². The molecule has 3 rings (SSSR count). The maximum Gasteiger partial charge on any atom is 0.246 e. The Morgan fingerprint density at radius 1 is 1.33 bits per heavy atom. The Morgan fingerprint density at radius 2 is 2.12 bits per heavy atom. The lowest BCUT2D eigenvalue weighted by atomic mass is 10.1. The highest BCUT2D eigenvalue weighted by molar-refractivity contribution is 7.89. The highest BCUT2D eigenvalue weighted by Crippen LogP contribution is 2.27. The maximum atomic E-state index is 12.9. The smallest absolute Gasteiger partial charge is 0.246 e. The number of hydrogen-bond donors (Lipinski definition) is 1. The van der Waals surface area contributed by atoms with Crippen molar-refractivity contribution in [1.29, 1.82) is 0 Å². The second-order valence-corrected chi connectivity index (χ2v) is 7.68. The number of methoxy groups -OCH3 is 1. The highest BCUT2D eigenvalue weighted by Gasteiger charge is 2.33. The zero-order valence-corrected chi connectivity index (χ0v) is 14.4. The molecule has 0 spiro atoms. The van der Waals surface area contributed by atoms with Gasteiger partial charge in [0.05, 0.1) is 19.5 Å². The molecular weight excluding hydrogens is 328 g/mol. The molecule has 0 bridgehead atoms. The standard InChI is InChI=1S/C16H22N4O3S/c1-23-16-8-3-2-7-15(16)19-12-14(11-18-19)24(21,22)20-9-5-4-6-13(20)10-17/h2-3,7-8,11-13H,4-6,9-10,17H2,1H3. The van der Waals surface area contributed by atoms with Crippen LogP contribution < -0.4 is 10.5 Å². The number of para-hydroxylation sites is 2. The summed E-state index contributed by atoms with van der Waals surface area (Å²) < 4.78 is 34.2. The molecule has 1 aliphatic heterocycles. The largest absolute Gasteiger partial charge is 0.494 e. The molecule has 1 unspecified atom stereocenters. The summed E-state index contributed by atoms with van der Waals surface area (Å²) in [6.07, 6.45) is 5.57. The van der Waals surface area contributed by atoms with Crippen LogP contribution in [0.3, 0.4) is 0 Å². The molecule has 0 amide bonds. The normalized spacial score (nSPS) is 19.3. The van der Waals surface area contributed by atoms with Gasteiger partial charge in [-0.25, -0.2) is 13.1 Å². The molecular formula is C16H22N4O3S. The minimum Gasteiger partial charge on any atom is -0.494 e.